The summed E-state index contributed by atoms with van der Waals surface area (Å²) in [5.74, 6) is -1.25. The lowest BCUT2D eigenvalue weighted by Crippen LogP contribution is -2.57. The molecule has 206 valence electrons. The van der Waals surface area contributed by atoms with E-state index in [0.717, 1.165) is 16.1 Å². The average molecular weight is 552 g/mol. The van der Waals surface area contributed by atoms with Crippen LogP contribution < -0.4 is 10.6 Å². The Kier molecular flexibility index (Phi) is 7.59. The number of amides is 2. The number of aromatic nitrogens is 1. The van der Waals surface area contributed by atoms with E-state index >= 15 is 0 Å². The number of aliphatic hydroxyl groups is 2. The monoisotopic (exact) mass is 551 g/mol. The summed E-state index contributed by atoms with van der Waals surface area (Å²) in [6.45, 7) is 4.33. The molecule has 4 N–H and O–H groups in total. The molecule has 0 aliphatic heterocycles. The van der Waals surface area contributed by atoms with Crippen molar-refractivity contribution in [2.75, 3.05) is 11.9 Å². The van der Waals surface area contributed by atoms with E-state index < -0.39 is 23.2 Å². The number of hydrogen-bond acceptors (Lipinski definition) is 6. The van der Waals surface area contributed by atoms with Gasteiger partial charge in [0.2, 0.25) is 5.91 Å². The van der Waals surface area contributed by atoms with Crippen molar-refractivity contribution in [2.24, 2.45) is 16.7 Å². The Labute approximate surface area is 231 Å². The van der Waals surface area contributed by atoms with E-state index in [2.05, 4.69) is 17.6 Å². The van der Waals surface area contributed by atoms with E-state index in [9.17, 15) is 24.2 Å². The largest absolute Gasteiger partial charge is 0.396 e. The lowest BCUT2D eigenvalue weighted by Gasteiger charge is -2.58. The minimum atomic E-state index is -0.731. The van der Waals surface area contributed by atoms with Crippen LogP contribution in [0.25, 0.3) is 0 Å². The molecule has 2 aliphatic rings. The van der Waals surface area contributed by atoms with Crippen LogP contribution in [-0.4, -0.2) is 39.7 Å². The van der Waals surface area contributed by atoms with Crippen LogP contribution >= 0.6 is 11.3 Å². The topological polar surface area (TPSA) is 112 Å². The number of nitrogens with one attached hydrogen (secondary N) is 2. The molecular formula is C30H34FN3O4S. The number of aliphatic hydroxyl groups excluding tert-OH is 2. The van der Waals surface area contributed by atoms with Crippen molar-refractivity contribution in [1.29, 1.82) is 0 Å². The molecule has 1 fully saturated rings. The smallest absolute Gasteiger partial charge is 0.257 e. The van der Waals surface area contributed by atoms with Gasteiger partial charge in [0.05, 0.1) is 18.4 Å². The fourth-order valence-electron chi connectivity index (χ4n) is 6.52. The van der Waals surface area contributed by atoms with Crippen molar-refractivity contribution < 1.29 is 24.2 Å². The quantitative estimate of drug-likeness (QED) is 0.341. The number of fused-ring (bicyclic) bond motifs is 2. The fourth-order valence-corrected chi connectivity index (χ4v) is 7.59. The highest BCUT2D eigenvalue weighted by Gasteiger charge is 2.59. The van der Waals surface area contributed by atoms with Gasteiger partial charge in [-0.2, -0.15) is 0 Å². The number of thiazole rings is 1. The minimum Gasteiger partial charge on any atom is -0.396 e. The first kappa shape index (κ1) is 27.4. The van der Waals surface area contributed by atoms with Crippen LogP contribution in [0.3, 0.4) is 0 Å². The summed E-state index contributed by atoms with van der Waals surface area (Å²) in [4.78, 5) is 31.9. The maximum Gasteiger partial charge on any atom is 0.257 e. The number of nitrogens with zero attached hydrogens (tertiary/aromatic N) is 1. The Morgan fingerprint density at radius 1 is 1.13 bits per heavy atom. The second kappa shape index (κ2) is 10.8. The van der Waals surface area contributed by atoms with E-state index in [1.165, 1.54) is 35.6 Å². The molecule has 0 radical (unpaired) electrons. The van der Waals surface area contributed by atoms with E-state index in [-0.39, 0.29) is 36.2 Å². The summed E-state index contributed by atoms with van der Waals surface area (Å²) in [7, 11) is 0. The van der Waals surface area contributed by atoms with Gasteiger partial charge in [-0.25, -0.2) is 9.37 Å². The first-order valence-corrected chi connectivity index (χ1v) is 14.1. The number of carbonyl (C=O) groups excluding carboxylic acids is 2. The highest BCUT2D eigenvalue weighted by Crippen LogP contribution is 2.62. The molecule has 0 spiro atoms. The Balaban J connectivity index is 1.45. The van der Waals surface area contributed by atoms with Crippen LogP contribution in [-0.2, 0) is 17.8 Å². The Morgan fingerprint density at radius 2 is 1.85 bits per heavy atom. The number of carbonyl (C=O) groups is 2. The predicted octanol–water partition coefficient (Wildman–Crippen LogP) is 4.66. The summed E-state index contributed by atoms with van der Waals surface area (Å²) < 4.78 is 13.3. The molecule has 5 unspecified atom stereocenters. The molecule has 1 saturated carbocycles. The van der Waals surface area contributed by atoms with Gasteiger partial charge in [-0.3, -0.25) is 14.9 Å². The Bertz CT molecular complexity index is 1350. The molecule has 2 amide bonds. The lowest BCUT2D eigenvalue weighted by atomic mass is 9.47. The van der Waals surface area contributed by atoms with Gasteiger partial charge in [0, 0.05) is 34.7 Å². The Morgan fingerprint density at radius 3 is 2.54 bits per heavy atom. The van der Waals surface area contributed by atoms with Gasteiger partial charge >= 0.3 is 0 Å². The summed E-state index contributed by atoms with van der Waals surface area (Å²) in [6.07, 6.45) is 1.37. The normalized spacial score (nSPS) is 27.8. The first-order valence-electron chi connectivity index (χ1n) is 13.3. The van der Waals surface area contributed by atoms with Crippen LogP contribution in [0.2, 0.25) is 0 Å². The second-order valence-electron chi connectivity index (χ2n) is 11.3. The molecule has 2 aliphatic carbocycles. The van der Waals surface area contributed by atoms with Crippen molar-refractivity contribution in [3.63, 3.8) is 0 Å². The van der Waals surface area contributed by atoms with Crippen LogP contribution in [0.4, 0.5) is 9.52 Å². The molecule has 1 aromatic heterocycles. The number of benzene rings is 2. The van der Waals surface area contributed by atoms with Crippen molar-refractivity contribution in [1.82, 2.24) is 10.3 Å². The second-order valence-corrected chi connectivity index (χ2v) is 12.4. The molecule has 39 heavy (non-hydrogen) atoms. The maximum atomic E-state index is 13.3. The van der Waals surface area contributed by atoms with Crippen molar-refractivity contribution in [3.8, 4) is 0 Å². The van der Waals surface area contributed by atoms with E-state index in [4.69, 9.17) is 4.98 Å². The van der Waals surface area contributed by atoms with Gasteiger partial charge in [0.25, 0.3) is 5.91 Å². The van der Waals surface area contributed by atoms with Crippen molar-refractivity contribution in [2.45, 2.75) is 58.1 Å². The average Bonchev–Trinajstić information content (AvgIpc) is 3.34. The van der Waals surface area contributed by atoms with Gasteiger partial charge in [-0.1, -0.05) is 44.2 Å². The molecule has 3 aromatic rings. The van der Waals surface area contributed by atoms with Crippen molar-refractivity contribution in [3.05, 3.63) is 82.1 Å². The lowest BCUT2D eigenvalue weighted by molar-refractivity contribution is -0.144. The third-order valence-corrected chi connectivity index (χ3v) is 9.95. The zero-order chi connectivity index (χ0) is 27.8. The zero-order valence-corrected chi connectivity index (χ0v) is 22.9. The number of halogens is 1. The number of anilines is 1. The molecule has 9 heteroatoms. The molecule has 7 nitrogen and oxygen atoms in total. The van der Waals surface area contributed by atoms with Crippen LogP contribution in [0.1, 0.15) is 65.5 Å². The summed E-state index contributed by atoms with van der Waals surface area (Å²) >= 11 is 1.36. The van der Waals surface area contributed by atoms with Crippen LogP contribution in [0.5, 0.6) is 0 Å². The molecule has 2 aromatic carbocycles. The van der Waals surface area contributed by atoms with E-state index in [0.29, 0.717) is 36.5 Å². The highest BCUT2D eigenvalue weighted by molar-refractivity contribution is 7.15. The van der Waals surface area contributed by atoms with Gasteiger partial charge < -0.3 is 15.5 Å². The minimum absolute atomic E-state index is 0.0840. The molecule has 0 bridgehead atoms. The number of hydrogen-bond donors (Lipinski definition) is 4. The van der Waals surface area contributed by atoms with E-state index in [1.54, 1.807) is 0 Å². The molecule has 5 rings (SSSR count). The molecular weight excluding hydrogens is 517 g/mol. The van der Waals surface area contributed by atoms with Gasteiger partial charge in [0.1, 0.15) is 5.82 Å². The van der Waals surface area contributed by atoms with Gasteiger partial charge in [-0.15, -0.1) is 11.3 Å². The standard InChI is InChI=1S/C30H34FN3O4S/c1-29-13-12-24(36)30(2,17-35)23(29)15-22-26(21(29)14-25(37)32-16-18-6-4-3-5-7-18)33-28(39-22)34-27(38)19-8-10-20(31)11-9-19/h3-11,21,23-24,35-36H,12-17H2,1-2H3,(H,32,37)(H,33,34,38). The fraction of sp³-hybridized carbons (Fsp3) is 0.433. The SMILES string of the molecule is CC1(CO)C(O)CCC2(C)C(CC(=O)NCc3ccccc3)c3nc(NC(=O)c4ccc(F)cc4)sc3CC12. The highest BCUT2D eigenvalue weighted by atomic mass is 32.1. The van der Waals surface area contributed by atoms with Crippen LogP contribution in [0.15, 0.2) is 54.6 Å². The molecule has 1 heterocycles. The summed E-state index contributed by atoms with van der Waals surface area (Å²) in [5.41, 5.74) is 0.996. The maximum absolute atomic E-state index is 13.3. The summed E-state index contributed by atoms with van der Waals surface area (Å²) in [6, 6.07) is 15.0. The van der Waals surface area contributed by atoms with Gasteiger partial charge in [0.15, 0.2) is 5.13 Å². The van der Waals surface area contributed by atoms with Crippen molar-refractivity contribution >= 4 is 28.3 Å². The van der Waals surface area contributed by atoms with Gasteiger partial charge in [-0.05, 0) is 60.4 Å². The molecule has 0 saturated heterocycles. The Hall–Kier alpha value is -3.14. The number of rotatable bonds is 7. The summed E-state index contributed by atoms with van der Waals surface area (Å²) in [5, 5.41) is 27.7. The zero-order valence-electron chi connectivity index (χ0n) is 22.1. The first-order chi connectivity index (χ1) is 18.6. The van der Waals surface area contributed by atoms with E-state index in [1.807, 2.05) is 37.3 Å². The third kappa shape index (κ3) is 5.23. The predicted molar refractivity (Wildman–Crippen MR) is 148 cm³/mol. The third-order valence-electron chi connectivity index (χ3n) is 8.94. The molecule has 5 atom stereocenters. The van der Waals surface area contributed by atoms with Crippen LogP contribution in [0, 0.1) is 22.6 Å².